The number of alkyl halides is 5. The molecular weight excluding hydrogens is 357 g/mol. The van der Waals surface area contributed by atoms with Gasteiger partial charge in [-0.25, -0.2) is 16.8 Å². The molecule has 0 bridgehead atoms. The quantitative estimate of drug-likeness (QED) is 0.752. The lowest BCUT2D eigenvalue weighted by Crippen LogP contribution is -2.31. The third kappa shape index (κ3) is 3.44. The summed E-state index contributed by atoms with van der Waals surface area (Å²) in [4.78, 5) is 0. The van der Waals surface area contributed by atoms with Crippen LogP contribution in [-0.2, 0) is 25.3 Å². The van der Waals surface area contributed by atoms with Gasteiger partial charge in [0.2, 0.25) is 0 Å². The van der Waals surface area contributed by atoms with Crippen LogP contribution in [0.5, 0.6) is 0 Å². The van der Waals surface area contributed by atoms with E-state index in [0.29, 0.717) is 17.7 Å². The van der Waals surface area contributed by atoms with Crippen LogP contribution >= 0.6 is 0 Å². The maximum absolute atomic E-state index is 13.7. The number of sulfonamides is 2. The lowest BCUT2D eigenvalue weighted by atomic mass is 10.1. The van der Waals surface area contributed by atoms with E-state index in [2.05, 4.69) is 6.58 Å². The first-order valence-corrected chi connectivity index (χ1v) is 8.03. The van der Waals surface area contributed by atoms with Crippen LogP contribution < -0.4 is 0 Å². The van der Waals surface area contributed by atoms with Crippen molar-refractivity contribution in [3.05, 3.63) is 46.1 Å². The van der Waals surface area contributed by atoms with Crippen molar-refractivity contribution < 1.29 is 38.8 Å². The normalized spacial score (nSPS) is 13.9. The maximum atomic E-state index is 13.7. The first kappa shape index (κ1) is 18.5. The fourth-order valence-corrected chi connectivity index (χ4v) is 3.36. The lowest BCUT2D eigenvalue weighted by Gasteiger charge is -2.27. The minimum atomic E-state index is -6.62. The second kappa shape index (κ2) is 5.59. The average molecular weight is 364 g/mol. The van der Waals surface area contributed by atoms with Crippen LogP contribution in [0.2, 0.25) is 0 Å². The Morgan fingerprint density at radius 1 is 0.909 bits per heavy atom. The van der Waals surface area contributed by atoms with Crippen molar-refractivity contribution in [2.75, 3.05) is 0 Å². The maximum Gasteiger partial charge on any atom is 0.480 e. The number of halogens is 5. The summed E-state index contributed by atoms with van der Waals surface area (Å²) in [5.74, 6) is 0. The zero-order chi connectivity index (χ0) is 17.4. The number of hydrogen-bond acceptors (Lipinski definition) is 4. The molecule has 1 rings (SSSR count). The van der Waals surface area contributed by atoms with Gasteiger partial charge in [0.05, 0.1) is 0 Å². The highest BCUT2D eigenvalue weighted by molar-refractivity contribution is 8.12. The third-order valence-corrected chi connectivity index (χ3v) is 5.33. The molecule has 0 spiro atoms. The van der Waals surface area contributed by atoms with Crippen molar-refractivity contribution in [2.45, 2.75) is 10.8 Å². The SMILES string of the molecule is C=Cc1ccc(C(F)(F)S(=O)(=O)[N-]S(=O)(=O)C(F)(F)F)cc1. The Labute approximate surface area is 122 Å². The van der Waals surface area contributed by atoms with E-state index in [1.165, 1.54) is 10.2 Å². The van der Waals surface area contributed by atoms with E-state index in [0.717, 1.165) is 12.1 Å². The fourth-order valence-electron chi connectivity index (χ4n) is 1.18. The molecule has 0 unspecified atom stereocenters. The standard InChI is InChI=1S/C10H7F5NO4S2/c1-2-7-3-5-8(6-4-7)9(11,12)21(17,18)16-22(19,20)10(13,14)15/h2-6H,1H2/q-1. The zero-order valence-corrected chi connectivity index (χ0v) is 12.0. The summed E-state index contributed by atoms with van der Waals surface area (Å²) in [7, 11) is -12.9. The Morgan fingerprint density at radius 3 is 1.73 bits per heavy atom. The van der Waals surface area contributed by atoms with Crippen LogP contribution in [-0.4, -0.2) is 22.3 Å². The van der Waals surface area contributed by atoms with Crippen molar-refractivity contribution in [1.29, 1.82) is 0 Å². The number of benzene rings is 1. The first-order chi connectivity index (χ1) is 9.74. The van der Waals surface area contributed by atoms with Gasteiger partial charge in [0.1, 0.15) is 0 Å². The van der Waals surface area contributed by atoms with E-state index in [4.69, 9.17) is 0 Å². The molecule has 0 heterocycles. The van der Waals surface area contributed by atoms with Gasteiger partial charge in [0.25, 0.3) is 0 Å². The van der Waals surface area contributed by atoms with Crippen molar-refractivity contribution >= 4 is 26.1 Å². The first-order valence-electron chi connectivity index (χ1n) is 5.15. The van der Waals surface area contributed by atoms with Gasteiger partial charge >= 0.3 is 10.8 Å². The van der Waals surface area contributed by atoms with Crippen LogP contribution in [0.4, 0.5) is 22.0 Å². The summed E-state index contributed by atoms with van der Waals surface area (Å²) in [6, 6.07) is 3.24. The molecule has 0 fully saturated rings. The van der Waals surface area contributed by atoms with Crippen LogP contribution in [0, 0.1) is 0 Å². The molecule has 1 aromatic rings. The number of rotatable bonds is 5. The Hall–Kier alpha value is -1.53. The van der Waals surface area contributed by atoms with Crippen LogP contribution in [0.3, 0.4) is 0 Å². The Bertz CT molecular complexity index is 767. The van der Waals surface area contributed by atoms with Gasteiger partial charge in [-0.1, -0.05) is 36.9 Å². The van der Waals surface area contributed by atoms with E-state index < -0.39 is 36.4 Å². The third-order valence-electron chi connectivity index (χ3n) is 2.30. The highest BCUT2D eigenvalue weighted by atomic mass is 32.3. The fraction of sp³-hybridized carbons (Fsp3) is 0.200. The summed E-state index contributed by atoms with van der Waals surface area (Å²) in [6.07, 6.45) is 1.24. The zero-order valence-electron chi connectivity index (χ0n) is 10.4. The molecule has 0 saturated carbocycles. The lowest BCUT2D eigenvalue weighted by molar-refractivity contribution is -0.0425. The Balaban J connectivity index is 3.27. The smallest absolute Gasteiger partial charge is 0.423 e. The summed E-state index contributed by atoms with van der Waals surface area (Å²) >= 11 is 0. The average Bonchev–Trinajstić information content (AvgIpc) is 2.36. The van der Waals surface area contributed by atoms with Crippen molar-refractivity contribution in [3.8, 4) is 0 Å². The van der Waals surface area contributed by atoms with Gasteiger partial charge in [-0.05, 0) is 5.56 Å². The molecule has 5 nitrogen and oxygen atoms in total. The molecule has 124 valence electrons. The van der Waals surface area contributed by atoms with E-state index in [1.54, 1.807) is 0 Å². The molecule has 22 heavy (non-hydrogen) atoms. The van der Waals surface area contributed by atoms with Gasteiger partial charge in [-0.15, -0.1) is 0 Å². The van der Waals surface area contributed by atoms with E-state index in [1.807, 2.05) is 0 Å². The summed E-state index contributed by atoms with van der Waals surface area (Å²) in [5.41, 5.74) is -7.01. The second-order valence-corrected chi connectivity index (χ2v) is 7.29. The summed E-state index contributed by atoms with van der Waals surface area (Å²) in [6.45, 7) is 3.32. The van der Waals surface area contributed by atoms with E-state index >= 15 is 0 Å². The molecule has 0 aliphatic carbocycles. The highest BCUT2D eigenvalue weighted by Crippen LogP contribution is 2.41. The molecule has 12 heteroatoms. The minimum absolute atomic E-state index is 0.330. The van der Waals surface area contributed by atoms with Gasteiger partial charge in [-0.2, -0.15) is 22.0 Å². The number of nitrogens with zero attached hydrogens (tertiary/aromatic N) is 1. The van der Waals surface area contributed by atoms with Crippen LogP contribution in [0.25, 0.3) is 10.2 Å². The predicted octanol–water partition coefficient (Wildman–Crippen LogP) is 2.93. The van der Waals surface area contributed by atoms with Crippen LogP contribution in [0.15, 0.2) is 30.8 Å². The molecule has 0 aliphatic rings. The van der Waals surface area contributed by atoms with Crippen molar-refractivity contribution in [3.63, 3.8) is 0 Å². The minimum Gasteiger partial charge on any atom is -0.423 e. The number of hydrogen-bond donors (Lipinski definition) is 0. The molecule has 0 N–H and O–H groups in total. The Morgan fingerprint density at radius 2 is 1.36 bits per heavy atom. The van der Waals surface area contributed by atoms with E-state index in [-0.39, 0.29) is 0 Å². The molecular formula is C10H7F5NO4S2-. The summed E-state index contributed by atoms with van der Waals surface area (Å²) < 4.78 is 109. The van der Waals surface area contributed by atoms with Gasteiger partial charge in [-0.3, -0.25) is 0 Å². The van der Waals surface area contributed by atoms with E-state index in [9.17, 15) is 38.8 Å². The second-order valence-electron chi connectivity index (χ2n) is 3.81. The molecule has 0 aliphatic heterocycles. The van der Waals surface area contributed by atoms with Crippen LogP contribution in [0.1, 0.15) is 11.1 Å². The topological polar surface area (TPSA) is 82.4 Å². The molecule has 0 atom stereocenters. The predicted molar refractivity (Wildman–Crippen MR) is 67.7 cm³/mol. The van der Waals surface area contributed by atoms with Gasteiger partial charge in [0, 0.05) is 5.56 Å². The Kier molecular flexibility index (Phi) is 4.71. The van der Waals surface area contributed by atoms with Gasteiger partial charge in [0.15, 0.2) is 20.0 Å². The molecule has 0 radical (unpaired) electrons. The summed E-state index contributed by atoms with van der Waals surface area (Å²) in [5, 5.41) is -4.95. The molecule has 1 aromatic carbocycles. The molecule has 0 saturated heterocycles. The van der Waals surface area contributed by atoms with Crippen molar-refractivity contribution in [2.24, 2.45) is 0 Å². The molecule has 0 amide bonds. The largest absolute Gasteiger partial charge is 0.480 e. The van der Waals surface area contributed by atoms with Crippen molar-refractivity contribution in [1.82, 2.24) is 0 Å². The van der Waals surface area contributed by atoms with Gasteiger partial charge < -0.3 is 4.13 Å². The molecule has 0 aromatic heterocycles. The monoisotopic (exact) mass is 364 g/mol. The highest BCUT2D eigenvalue weighted by Gasteiger charge is 2.47.